The Bertz CT molecular complexity index is 917. The van der Waals surface area contributed by atoms with E-state index >= 15 is 0 Å². The first-order chi connectivity index (χ1) is 11.3. The Hall–Kier alpha value is -2.33. The second kappa shape index (κ2) is 5.95. The Morgan fingerprint density at radius 1 is 1.33 bits per heavy atom. The van der Waals surface area contributed by atoms with Crippen LogP contribution < -0.4 is 9.47 Å². The maximum absolute atomic E-state index is 12.0. The Morgan fingerprint density at radius 2 is 2.00 bits per heavy atom. The minimum absolute atomic E-state index is 0.221. The zero-order valence-corrected chi connectivity index (χ0v) is 14.2. The van der Waals surface area contributed by atoms with Crippen LogP contribution in [0.3, 0.4) is 0 Å². The average molecular weight is 356 g/mol. The van der Waals surface area contributed by atoms with Gasteiger partial charge in [-0.15, -0.1) is 0 Å². The van der Waals surface area contributed by atoms with Crippen LogP contribution in [0.1, 0.15) is 16.2 Å². The van der Waals surface area contributed by atoms with E-state index in [0.717, 1.165) is 6.26 Å². The normalized spacial score (nSPS) is 14.0. The SMILES string of the molecule is COC(=O)c1cc2c(nc(COS(C)(=O)=O)n2C)c2c1OCCO2. The van der Waals surface area contributed by atoms with Gasteiger partial charge >= 0.3 is 5.97 Å². The summed E-state index contributed by atoms with van der Waals surface area (Å²) in [7, 11) is -0.640. The molecule has 24 heavy (non-hydrogen) atoms. The molecule has 0 bridgehead atoms. The number of imidazole rings is 1. The molecule has 10 heteroatoms. The summed E-state index contributed by atoms with van der Waals surface area (Å²) in [6.45, 7) is 0.394. The highest BCUT2D eigenvalue weighted by atomic mass is 32.2. The minimum atomic E-state index is -3.60. The summed E-state index contributed by atoms with van der Waals surface area (Å²) in [5, 5.41) is 0. The molecule has 9 nitrogen and oxygen atoms in total. The summed E-state index contributed by atoms with van der Waals surface area (Å²) in [6, 6.07) is 1.58. The molecule has 0 unspecified atom stereocenters. The quantitative estimate of drug-likeness (QED) is 0.579. The van der Waals surface area contributed by atoms with Crippen molar-refractivity contribution in [3.63, 3.8) is 0 Å². The highest BCUT2D eigenvalue weighted by Crippen LogP contribution is 2.41. The first-order valence-corrected chi connectivity index (χ1v) is 8.84. The zero-order valence-electron chi connectivity index (χ0n) is 13.4. The molecule has 2 aromatic rings. The molecule has 0 atom stereocenters. The molecule has 1 aromatic heterocycles. The van der Waals surface area contributed by atoms with Gasteiger partial charge in [0, 0.05) is 7.05 Å². The van der Waals surface area contributed by atoms with Gasteiger partial charge in [-0.3, -0.25) is 4.18 Å². The van der Waals surface area contributed by atoms with Gasteiger partial charge in [0.15, 0.2) is 11.5 Å². The lowest BCUT2D eigenvalue weighted by Gasteiger charge is -2.20. The van der Waals surface area contributed by atoms with Crippen LogP contribution in [0.5, 0.6) is 11.5 Å². The van der Waals surface area contributed by atoms with Crippen molar-refractivity contribution in [2.24, 2.45) is 7.05 Å². The fourth-order valence-corrected chi connectivity index (χ4v) is 2.76. The number of fused-ring (bicyclic) bond motifs is 3. The van der Waals surface area contributed by atoms with Crippen LogP contribution in [0.2, 0.25) is 0 Å². The van der Waals surface area contributed by atoms with Crippen molar-refractivity contribution in [2.45, 2.75) is 6.61 Å². The van der Waals surface area contributed by atoms with Gasteiger partial charge in [0.1, 0.15) is 36.7 Å². The molecular weight excluding hydrogens is 340 g/mol. The third kappa shape index (κ3) is 2.89. The second-order valence-corrected chi connectivity index (χ2v) is 6.84. The van der Waals surface area contributed by atoms with Crippen molar-refractivity contribution in [3.05, 3.63) is 17.5 Å². The number of rotatable bonds is 4. The van der Waals surface area contributed by atoms with Crippen molar-refractivity contribution in [1.82, 2.24) is 9.55 Å². The molecule has 0 spiro atoms. The van der Waals surface area contributed by atoms with Gasteiger partial charge in [0.2, 0.25) is 0 Å². The largest absolute Gasteiger partial charge is 0.485 e. The predicted molar refractivity (Wildman–Crippen MR) is 82.7 cm³/mol. The van der Waals surface area contributed by atoms with E-state index in [2.05, 4.69) is 4.98 Å². The predicted octanol–water partition coefficient (Wildman–Crippen LogP) is 0.607. The zero-order chi connectivity index (χ0) is 17.5. The fourth-order valence-electron chi connectivity index (χ4n) is 2.44. The Morgan fingerprint density at radius 3 is 2.62 bits per heavy atom. The van der Waals surface area contributed by atoms with E-state index in [1.165, 1.54) is 7.11 Å². The molecule has 0 saturated heterocycles. The third-order valence-electron chi connectivity index (χ3n) is 3.56. The molecule has 0 aliphatic carbocycles. The standard InChI is InChI=1S/C14H16N2O7S/c1-16-9-6-8(14(17)20-2)12-13(22-5-4-21-12)11(9)15-10(16)7-23-24(3,18)19/h6H,4-5,7H2,1-3H3. The number of methoxy groups -OCH3 is 1. The summed E-state index contributed by atoms with van der Waals surface area (Å²) >= 11 is 0. The molecule has 0 saturated carbocycles. The number of benzene rings is 1. The van der Waals surface area contributed by atoms with Crippen molar-refractivity contribution < 1.29 is 31.6 Å². The molecule has 0 N–H and O–H groups in total. The highest BCUT2D eigenvalue weighted by molar-refractivity contribution is 7.85. The maximum atomic E-state index is 12.0. The second-order valence-electron chi connectivity index (χ2n) is 5.19. The Labute approximate surface area is 138 Å². The van der Waals surface area contributed by atoms with Gasteiger partial charge in [0.05, 0.1) is 18.9 Å². The lowest BCUT2D eigenvalue weighted by atomic mass is 10.1. The summed E-state index contributed by atoms with van der Waals surface area (Å²) in [4.78, 5) is 16.4. The lowest BCUT2D eigenvalue weighted by Crippen LogP contribution is -2.18. The molecule has 3 rings (SSSR count). The van der Waals surface area contributed by atoms with Crippen LogP contribution >= 0.6 is 0 Å². The highest BCUT2D eigenvalue weighted by Gasteiger charge is 2.27. The number of hydrogen-bond donors (Lipinski definition) is 0. The van der Waals surface area contributed by atoms with Crippen LogP contribution in [0.15, 0.2) is 6.07 Å². The number of ether oxygens (including phenoxy) is 3. The minimum Gasteiger partial charge on any atom is -0.485 e. The summed E-state index contributed by atoms with van der Waals surface area (Å²) < 4.78 is 44.7. The molecule has 1 aromatic carbocycles. The number of carbonyl (C=O) groups excluding carboxylic acids is 1. The number of carbonyl (C=O) groups is 1. The topological polar surface area (TPSA) is 106 Å². The first-order valence-electron chi connectivity index (χ1n) is 7.02. The maximum Gasteiger partial charge on any atom is 0.341 e. The molecule has 2 heterocycles. The summed E-state index contributed by atoms with van der Waals surface area (Å²) in [5.41, 5.74) is 1.26. The number of aromatic nitrogens is 2. The van der Waals surface area contributed by atoms with Gasteiger partial charge in [-0.25, -0.2) is 9.78 Å². The fraction of sp³-hybridized carbons (Fsp3) is 0.429. The van der Waals surface area contributed by atoms with Crippen molar-refractivity contribution in [2.75, 3.05) is 26.6 Å². The van der Waals surface area contributed by atoms with Gasteiger partial charge in [-0.1, -0.05) is 0 Å². The molecule has 0 amide bonds. The molecular formula is C14H16N2O7S. The van der Waals surface area contributed by atoms with Crippen LogP contribution in [0.25, 0.3) is 11.0 Å². The lowest BCUT2D eigenvalue weighted by molar-refractivity contribution is 0.0591. The first kappa shape index (κ1) is 16.5. The summed E-state index contributed by atoms with van der Waals surface area (Å²) in [5.74, 6) is 0.414. The van der Waals surface area contributed by atoms with Crippen LogP contribution in [-0.2, 0) is 32.7 Å². The van der Waals surface area contributed by atoms with E-state index in [-0.39, 0.29) is 17.9 Å². The Balaban J connectivity index is 2.17. The van der Waals surface area contributed by atoms with E-state index in [0.29, 0.717) is 35.8 Å². The van der Waals surface area contributed by atoms with E-state index in [4.69, 9.17) is 18.4 Å². The van der Waals surface area contributed by atoms with Crippen molar-refractivity contribution in [3.8, 4) is 11.5 Å². The van der Waals surface area contributed by atoms with Gasteiger partial charge in [-0.05, 0) is 6.07 Å². The van der Waals surface area contributed by atoms with E-state index in [1.807, 2.05) is 0 Å². The van der Waals surface area contributed by atoms with E-state index in [1.54, 1.807) is 17.7 Å². The van der Waals surface area contributed by atoms with Crippen LogP contribution in [-0.4, -0.2) is 50.5 Å². The van der Waals surface area contributed by atoms with Crippen molar-refractivity contribution in [1.29, 1.82) is 0 Å². The molecule has 0 fully saturated rings. The number of hydrogen-bond acceptors (Lipinski definition) is 8. The number of esters is 1. The number of aryl methyl sites for hydroxylation is 1. The number of nitrogens with zero attached hydrogens (tertiary/aromatic N) is 2. The summed E-state index contributed by atoms with van der Waals surface area (Å²) in [6.07, 6.45) is 0.962. The van der Waals surface area contributed by atoms with Crippen LogP contribution in [0.4, 0.5) is 0 Å². The van der Waals surface area contributed by atoms with Gasteiger partial charge in [-0.2, -0.15) is 8.42 Å². The molecule has 0 radical (unpaired) electrons. The monoisotopic (exact) mass is 356 g/mol. The smallest absolute Gasteiger partial charge is 0.341 e. The Kier molecular flexibility index (Phi) is 4.10. The van der Waals surface area contributed by atoms with E-state index in [9.17, 15) is 13.2 Å². The third-order valence-corrected chi connectivity index (χ3v) is 4.11. The van der Waals surface area contributed by atoms with Gasteiger partial charge in [0.25, 0.3) is 10.1 Å². The van der Waals surface area contributed by atoms with Gasteiger partial charge < -0.3 is 18.8 Å². The molecule has 130 valence electrons. The van der Waals surface area contributed by atoms with Crippen molar-refractivity contribution >= 4 is 27.1 Å². The van der Waals surface area contributed by atoms with Crippen LogP contribution in [0, 0.1) is 0 Å². The molecule has 1 aliphatic rings. The molecule has 1 aliphatic heterocycles. The average Bonchev–Trinajstić information content (AvgIpc) is 2.87. The van der Waals surface area contributed by atoms with E-state index < -0.39 is 16.1 Å².